The Morgan fingerprint density at radius 1 is 1.53 bits per heavy atom. The van der Waals surface area contributed by atoms with Gasteiger partial charge in [-0.05, 0) is 6.42 Å². The van der Waals surface area contributed by atoms with Gasteiger partial charge in [-0.3, -0.25) is 15.2 Å². The third-order valence-corrected chi connectivity index (χ3v) is 1.41. The van der Waals surface area contributed by atoms with Gasteiger partial charge in [0.05, 0.1) is 6.61 Å². The highest BCUT2D eigenvalue weighted by Crippen LogP contribution is 1.78. The molecule has 0 unspecified atom stereocenters. The molecular weight excluding hydrogens is 198 g/mol. The van der Waals surface area contributed by atoms with Gasteiger partial charge in [-0.1, -0.05) is 6.92 Å². The zero-order valence-electron chi connectivity index (χ0n) is 8.95. The van der Waals surface area contributed by atoms with Crippen molar-refractivity contribution in [2.75, 3.05) is 26.3 Å². The summed E-state index contributed by atoms with van der Waals surface area (Å²) in [6.45, 7) is 3.54. The fourth-order valence-corrected chi connectivity index (χ4v) is 0.791. The van der Waals surface area contributed by atoms with Gasteiger partial charge in [-0.15, -0.1) is 0 Å². The molecule has 7 heteroatoms. The van der Waals surface area contributed by atoms with Crippen LogP contribution in [-0.4, -0.2) is 38.2 Å². The molecule has 0 heterocycles. The van der Waals surface area contributed by atoms with Crippen molar-refractivity contribution in [2.24, 2.45) is 16.6 Å². The maximum Gasteiger partial charge on any atom is 0.243 e. The number of nitrogens with zero attached hydrogens (tertiary/aromatic N) is 1. The van der Waals surface area contributed by atoms with E-state index >= 15 is 0 Å². The Hall–Kier alpha value is -1.34. The Kier molecular flexibility index (Phi) is 8.40. The lowest BCUT2D eigenvalue weighted by Crippen LogP contribution is -2.43. The molecule has 0 spiro atoms. The number of primary amides is 1. The highest BCUT2D eigenvalue weighted by Gasteiger charge is 1.96. The van der Waals surface area contributed by atoms with Gasteiger partial charge in [-0.25, -0.2) is 5.84 Å². The summed E-state index contributed by atoms with van der Waals surface area (Å²) in [5, 5.41) is 2.91. The van der Waals surface area contributed by atoms with E-state index in [2.05, 4.69) is 15.7 Å². The van der Waals surface area contributed by atoms with Gasteiger partial charge in [0, 0.05) is 13.1 Å². The summed E-state index contributed by atoms with van der Waals surface area (Å²) < 4.78 is 4.93. The van der Waals surface area contributed by atoms with Crippen molar-refractivity contribution in [3.63, 3.8) is 0 Å². The molecule has 0 atom stereocenters. The lowest BCUT2D eigenvalue weighted by Gasteiger charge is -2.08. The number of nitrogens with one attached hydrogen (secondary N) is 2. The summed E-state index contributed by atoms with van der Waals surface area (Å²) in [7, 11) is 0. The molecule has 0 aromatic carbocycles. The van der Waals surface area contributed by atoms with Crippen molar-refractivity contribution >= 4 is 11.9 Å². The minimum Gasteiger partial charge on any atom is -0.370 e. The van der Waals surface area contributed by atoms with Crippen molar-refractivity contribution in [3.05, 3.63) is 0 Å². The molecule has 0 bridgehead atoms. The number of carbonyl (C=O) groups excluding carboxylic acids is 1. The van der Waals surface area contributed by atoms with Crippen LogP contribution >= 0.6 is 0 Å². The third kappa shape index (κ3) is 8.98. The summed E-state index contributed by atoms with van der Waals surface area (Å²) in [6, 6.07) is 0. The van der Waals surface area contributed by atoms with Crippen LogP contribution in [0.25, 0.3) is 0 Å². The first-order valence-corrected chi connectivity index (χ1v) is 4.81. The molecule has 0 aliphatic rings. The molecule has 0 fully saturated rings. The molecule has 0 saturated carbocycles. The molecule has 6 N–H and O–H groups in total. The highest BCUT2D eigenvalue weighted by molar-refractivity contribution is 5.79. The van der Waals surface area contributed by atoms with E-state index in [0.717, 1.165) is 6.42 Å². The first-order valence-electron chi connectivity index (χ1n) is 4.81. The molecular formula is C8H19N5O2. The van der Waals surface area contributed by atoms with Crippen LogP contribution in [0.1, 0.15) is 13.3 Å². The maximum atomic E-state index is 10.3. The van der Waals surface area contributed by atoms with Crippen LogP contribution < -0.4 is 22.3 Å². The zero-order chi connectivity index (χ0) is 11.5. The van der Waals surface area contributed by atoms with Gasteiger partial charge >= 0.3 is 0 Å². The minimum atomic E-state index is -0.480. The van der Waals surface area contributed by atoms with Gasteiger partial charge in [-0.2, -0.15) is 0 Å². The zero-order valence-corrected chi connectivity index (χ0v) is 8.95. The third-order valence-electron chi connectivity index (χ3n) is 1.41. The Morgan fingerprint density at radius 2 is 2.27 bits per heavy atom. The number of rotatable bonds is 7. The highest BCUT2D eigenvalue weighted by atomic mass is 16.5. The van der Waals surface area contributed by atoms with Crippen LogP contribution in [0, 0.1) is 0 Å². The van der Waals surface area contributed by atoms with Crippen molar-refractivity contribution < 1.29 is 9.53 Å². The summed E-state index contributed by atoms with van der Waals surface area (Å²) in [4.78, 5) is 14.4. The van der Waals surface area contributed by atoms with E-state index in [1.54, 1.807) is 0 Å². The molecule has 7 nitrogen and oxygen atoms in total. The van der Waals surface area contributed by atoms with Crippen molar-refractivity contribution in [2.45, 2.75) is 13.3 Å². The number of hydrogen-bond donors (Lipinski definition) is 4. The number of amides is 1. The average molecular weight is 217 g/mol. The van der Waals surface area contributed by atoms with E-state index in [4.69, 9.17) is 16.3 Å². The van der Waals surface area contributed by atoms with Crippen LogP contribution in [-0.2, 0) is 9.53 Å². The summed E-state index contributed by atoms with van der Waals surface area (Å²) in [5.41, 5.74) is 7.31. The summed E-state index contributed by atoms with van der Waals surface area (Å²) in [5.74, 6) is 5.25. The Morgan fingerprint density at radius 3 is 2.80 bits per heavy atom. The van der Waals surface area contributed by atoms with E-state index in [9.17, 15) is 4.79 Å². The van der Waals surface area contributed by atoms with E-state index in [-0.39, 0.29) is 6.61 Å². The summed E-state index contributed by atoms with van der Waals surface area (Å²) in [6.07, 6.45) is 0.949. The van der Waals surface area contributed by atoms with E-state index in [0.29, 0.717) is 25.7 Å². The predicted molar refractivity (Wildman–Crippen MR) is 57.9 cm³/mol. The molecule has 0 aromatic heterocycles. The number of hydrogen-bond acceptors (Lipinski definition) is 4. The van der Waals surface area contributed by atoms with Gasteiger partial charge in [0.2, 0.25) is 11.9 Å². The second-order valence-electron chi connectivity index (χ2n) is 2.82. The predicted octanol–water partition coefficient (Wildman–Crippen LogP) is -1.69. The number of ether oxygens (including phenoxy) is 1. The van der Waals surface area contributed by atoms with E-state index < -0.39 is 5.91 Å². The van der Waals surface area contributed by atoms with Crippen LogP contribution in [0.5, 0.6) is 0 Å². The first-order chi connectivity index (χ1) is 7.20. The van der Waals surface area contributed by atoms with Crippen LogP contribution in [0.4, 0.5) is 0 Å². The fraction of sp³-hybridized carbons (Fsp3) is 0.750. The molecule has 1 amide bonds. The van der Waals surface area contributed by atoms with Crippen molar-refractivity contribution in [1.82, 2.24) is 10.7 Å². The van der Waals surface area contributed by atoms with E-state index in [1.165, 1.54) is 0 Å². The van der Waals surface area contributed by atoms with Gasteiger partial charge in [0.1, 0.15) is 6.61 Å². The SMILES string of the molecule is CCCN=C(NN)NCCOCC(N)=O. The Labute approximate surface area is 89.2 Å². The second-order valence-corrected chi connectivity index (χ2v) is 2.82. The normalized spacial score (nSPS) is 11.2. The van der Waals surface area contributed by atoms with E-state index in [1.807, 2.05) is 6.92 Å². The fourth-order valence-electron chi connectivity index (χ4n) is 0.791. The average Bonchev–Trinajstić information content (AvgIpc) is 2.21. The van der Waals surface area contributed by atoms with Crippen LogP contribution in [0.15, 0.2) is 4.99 Å². The second kappa shape index (κ2) is 9.22. The number of aliphatic imine (C=N–C) groups is 1. The quantitative estimate of drug-likeness (QED) is 0.133. The number of carbonyl (C=O) groups is 1. The largest absolute Gasteiger partial charge is 0.370 e. The van der Waals surface area contributed by atoms with Crippen molar-refractivity contribution in [1.29, 1.82) is 0 Å². The molecule has 0 aliphatic heterocycles. The first kappa shape index (κ1) is 13.7. The smallest absolute Gasteiger partial charge is 0.243 e. The number of hydrazine groups is 1. The maximum absolute atomic E-state index is 10.3. The van der Waals surface area contributed by atoms with Gasteiger partial charge in [0.25, 0.3) is 0 Å². The molecule has 0 radical (unpaired) electrons. The summed E-state index contributed by atoms with van der Waals surface area (Å²) >= 11 is 0. The standard InChI is InChI=1S/C8H19N5O2/c1-2-3-11-8(13-10)12-4-5-15-6-7(9)14/h2-6,10H2,1H3,(H2,9,14)(H2,11,12,13). The number of guanidine groups is 1. The topological polar surface area (TPSA) is 115 Å². The Balaban J connectivity index is 3.50. The molecule has 0 aliphatic carbocycles. The number of nitrogens with two attached hydrogens (primary N) is 2. The van der Waals surface area contributed by atoms with Crippen LogP contribution in [0.2, 0.25) is 0 Å². The minimum absolute atomic E-state index is 0.0703. The van der Waals surface area contributed by atoms with Gasteiger partial charge in [0.15, 0.2) is 0 Å². The monoisotopic (exact) mass is 217 g/mol. The lowest BCUT2D eigenvalue weighted by atomic mass is 10.5. The Bertz CT molecular complexity index is 207. The lowest BCUT2D eigenvalue weighted by molar-refractivity contribution is -0.122. The van der Waals surface area contributed by atoms with Gasteiger partial charge < -0.3 is 15.8 Å². The van der Waals surface area contributed by atoms with Crippen LogP contribution in [0.3, 0.4) is 0 Å². The van der Waals surface area contributed by atoms with Crippen molar-refractivity contribution in [3.8, 4) is 0 Å². The molecule has 15 heavy (non-hydrogen) atoms. The molecule has 0 rings (SSSR count). The molecule has 0 saturated heterocycles. The molecule has 0 aromatic rings. The molecule has 88 valence electrons.